The molecule has 2 atom stereocenters. The Balaban J connectivity index is 1.39. The Morgan fingerprint density at radius 3 is 2.78 bits per heavy atom. The van der Waals surface area contributed by atoms with Crippen molar-refractivity contribution in [3.8, 4) is 0 Å². The summed E-state index contributed by atoms with van der Waals surface area (Å²) in [5, 5.41) is 4.20. The van der Waals surface area contributed by atoms with Gasteiger partial charge in [0, 0.05) is 41.7 Å². The molecular weight excluding hydrogens is 338 g/mol. The normalized spacial score (nSPS) is 24.3. The van der Waals surface area contributed by atoms with Crippen LogP contribution >= 0.6 is 0 Å². The highest BCUT2D eigenvalue weighted by atomic mass is 16.2. The first-order valence-corrected chi connectivity index (χ1v) is 9.91. The Labute approximate surface area is 160 Å². The number of aromatic nitrogens is 1. The van der Waals surface area contributed by atoms with E-state index in [2.05, 4.69) is 24.1 Å². The lowest BCUT2D eigenvalue weighted by molar-refractivity contribution is -0.148. The van der Waals surface area contributed by atoms with Crippen molar-refractivity contribution >= 4 is 22.7 Å². The lowest BCUT2D eigenvalue weighted by Gasteiger charge is -2.44. The second-order valence-corrected chi connectivity index (χ2v) is 8.42. The molecule has 0 spiro atoms. The quantitative estimate of drug-likeness (QED) is 0.907. The van der Waals surface area contributed by atoms with E-state index in [1.807, 2.05) is 35.2 Å². The second-order valence-electron chi connectivity index (χ2n) is 8.42. The van der Waals surface area contributed by atoms with Crippen LogP contribution in [-0.2, 0) is 4.79 Å². The van der Waals surface area contributed by atoms with Gasteiger partial charge in [0.25, 0.3) is 5.91 Å². The molecule has 4 rings (SSSR count). The molecule has 0 radical (unpaired) electrons. The van der Waals surface area contributed by atoms with Gasteiger partial charge in [-0.15, -0.1) is 0 Å². The number of amides is 2. The molecule has 1 aromatic carbocycles. The van der Waals surface area contributed by atoms with Gasteiger partial charge >= 0.3 is 0 Å². The number of likely N-dealkylation sites (tertiary alicyclic amines) is 1. The van der Waals surface area contributed by atoms with E-state index in [9.17, 15) is 9.59 Å². The van der Waals surface area contributed by atoms with Crippen molar-refractivity contribution < 1.29 is 9.59 Å². The number of nitrogens with one attached hydrogen (secondary N) is 1. The van der Waals surface area contributed by atoms with Gasteiger partial charge in [-0.05, 0) is 43.4 Å². The minimum Gasteiger partial charge on any atom is -0.349 e. The van der Waals surface area contributed by atoms with Gasteiger partial charge in [-0.1, -0.05) is 32.4 Å². The standard InChI is InChI=1S/C22H27N3O2/c1-15-14-25(21(27)22(2)9-4-10-22)12-8-18(15)24-20(26)17-7-6-16-5-3-11-23-19(16)13-17/h3,5-7,11,13,15,18H,4,8-10,12,14H2,1-2H3,(H,24,26). The highest BCUT2D eigenvalue weighted by molar-refractivity contribution is 5.97. The van der Waals surface area contributed by atoms with E-state index in [1.165, 1.54) is 0 Å². The summed E-state index contributed by atoms with van der Waals surface area (Å²) in [4.78, 5) is 31.8. The summed E-state index contributed by atoms with van der Waals surface area (Å²) in [5.41, 5.74) is 1.31. The van der Waals surface area contributed by atoms with E-state index >= 15 is 0 Å². The number of hydrogen-bond acceptors (Lipinski definition) is 3. The van der Waals surface area contributed by atoms with E-state index in [4.69, 9.17) is 0 Å². The number of fused-ring (bicyclic) bond motifs is 1. The van der Waals surface area contributed by atoms with Gasteiger partial charge in [-0.2, -0.15) is 0 Å². The van der Waals surface area contributed by atoms with E-state index in [0.29, 0.717) is 11.5 Å². The number of benzene rings is 1. The van der Waals surface area contributed by atoms with Gasteiger partial charge in [0.05, 0.1) is 5.52 Å². The molecule has 2 heterocycles. The summed E-state index contributed by atoms with van der Waals surface area (Å²) in [6, 6.07) is 9.59. The smallest absolute Gasteiger partial charge is 0.251 e. The van der Waals surface area contributed by atoms with Gasteiger partial charge in [0.2, 0.25) is 5.91 Å². The molecule has 2 fully saturated rings. The molecule has 1 aromatic heterocycles. The summed E-state index contributed by atoms with van der Waals surface area (Å²) < 4.78 is 0. The molecular formula is C22H27N3O2. The van der Waals surface area contributed by atoms with Crippen LogP contribution in [0.3, 0.4) is 0 Å². The number of hydrogen-bond donors (Lipinski definition) is 1. The number of carbonyl (C=O) groups is 2. The fraction of sp³-hybridized carbons (Fsp3) is 0.500. The Bertz CT molecular complexity index is 875. The molecule has 27 heavy (non-hydrogen) atoms. The molecule has 2 aliphatic rings. The van der Waals surface area contributed by atoms with Crippen LogP contribution in [-0.4, -0.2) is 40.8 Å². The van der Waals surface area contributed by atoms with Gasteiger partial charge in [-0.25, -0.2) is 0 Å². The first kappa shape index (κ1) is 18.0. The van der Waals surface area contributed by atoms with E-state index in [1.54, 1.807) is 6.20 Å². The molecule has 142 valence electrons. The summed E-state index contributed by atoms with van der Waals surface area (Å²) in [6.07, 6.45) is 5.71. The molecule has 2 aromatic rings. The average molecular weight is 365 g/mol. The topological polar surface area (TPSA) is 62.3 Å². The first-order chi connectivity index (χ1) is 13.0. The number of nitrogens with zero attached hydrogens (tertiary/aromatic N) is 2. The molecule has 5 heteroatoms. The third kappa shape index (κ3) is 3.43. The highest BCUT2D eigenvalue weighted by Crippen LogP contribution is 2.42. The molecule has 1 saturated heterocycles. The maximum absolute atomic E-state index is 12.8. The van der Waals surface area contributed by atoms with Crippen LogP contribution in [0.15, 0.2) is 36.5 Å². The zero-order chi connectivity index (χ0) is 19.0. The van der Waals surface area contributed by atoms with Crippen molar-refractivity contribution in [1.82, 2.24) is 15.2 Å². The largest absolute Gasteiger partial charge is 0.349 e. The molecule has 1 aliphatic heterocycles. The predicted molar refractivity (Wildman–Crippen MR) is 105 cm³/mol. The van der Waals surface area contributed by atoms with Crippen molar-refractivity contribution in [2.75, 3.05) is 13.1 Å². The Kier molecular flexibility index (Phi) is 4.62. The maximum atomic E-state index is 12.8. The second kappa shape index (κ2) is 6.95. The molecule has 0 bridgehead atoms. The number of carbonyl (C=O) groups excluding carboxylic acids is 2. The molecule has 1 N–H and O–H groups in total. The number of rotatable bonds is 3. The molecule has 1 saturated carbocycles. The maximum Gasteiger partial charge on any atom is 0.251 e. The Morgan fingerprint density at radius 1 is 1.26 bits per heavy atom. The van der Waals surface area contributed by atoms with Crippen molar-refractivity contribution in [3.63, 3.8) is 0 Å². The minimum atomic E-state index is -0.145. The van der Waals surface area contributed by atoms with Crippen LogP contribution in [0.4, 0.5) is 0 Å². The summed E-state index contributed by atoms with van der Waals surface area (Å²) in [7, 11) is 0. The third-order valence-corrected chi connectivity index (χ3v) is 6.35. The fourth-order valence-corrected chi connectivity index (χ4v) is 4.31. The monoisotopic (exact) mass is 365 g/mol. The fourth-order valence-electron chi connectivity index (χ4n) is 4.31. The lowest BCUT2D eigenvalue weighted by Crippen LogP contribution is -2.55. The number of piperidine rings is 1. The Morgan fingerprint density at radius 2 is 2.07 bits per heavy atom. The lowest BCUT2D eigenvalue weighted by atomic mass is 9.69. The van der Waals surface area contributed by atoms with Crippen molar-refractivity contribution in [3.05, 3.63) is 42.1 Å². The first-order valence-electron chi connectivity index (χ1n) is 9.91. The molecule has 5 nitrogen and oxygen atoms in total. The van der Waals surface area contributed by atoms with Crippen molar-refractivity contribution in [2.24, 2.45) is 11.3 Å². The summed E-state index contributed by atoms with van der Waals surface area (Å²) >= 11 is 0. The van der Waals surface area contributed by atoms with Crippen molar-refractivity contribution in [2.45, 2.75) is 45.6 Å². The zero-order valence-electron chi connectivity index (χ0n) is 16.1. The van der Waals surface area contributed by atoms with Crippen LogP contribution in [0.5, 0.6) is 0 Å². The molecule has 2 amide bonds. The van der Waals surface area contributed by atoms with Crippen LogP contribution in [0.25, 0.3) is 10.9 Å². The molecule has 2 unspecified atom stereocenters. The minimum absolute atomic E-state index is 0.0647. The SMILES string of the molecule is CC1CN(C(=O)C2(C)CCC2)CCC1NC(=O)c1ccc2cccnc2c1. The number of pyridine rings is 1. The summed E-state index contributed by atoms with van der Waals surface area (Å²) in [5.74, 6) is 0.477. The molecule has 1 aliphatic carbocycles. The van der Waals surface area contributed by atoms with Gasteiger partial charge < -0.3 is 10.2 Å². The van der Waals surface area contributed by atoms with Gasteiger partial charge in [-0.3, -0.25) is 14.6 Å². The Hall–Kier alpha value is -2.43. The van der Waals surface area contributed by atoms with E-state index < -0.39 is 0 Å². The van der Waals surface area contributed by atoms with Crippen LogP contribution < -0.4 is 5.32 Å². The zero-order valence-corrected chi connectivity index (χ0v) is 16.1. The average Bonchev–Trinajstić information content (AvgIpc) is 2.66. The predicted octanol–water partition coefficient (Wildman–Crippen LogP) is 3.39. The summed E-state index contributed by atoms with van der Waals surface area (Å²) in [6.45, 7) is 5.65. The van der Waals surface area contributed by atoms with Crippen molar-refractivity contribution in [1.29, 1.82) is 0 Å². The third-order valence-electron chi connectivity index (χ3n) is 6.35. The van der Waals surface area contributed by atoms with Gasteiger partial charge in [0.15, 0.2) is 0 Å². The van der Waals surface area contributed by atoms with E-state index in [-0.39, 0.29) is 23.3 Å². The highest BCUT2D eigenvalue weighted by Gasteiger charge is 2.43. The van der Waals surface area contributed by atoms with Gasteiger partial charge in [0.1, 0.15) is 0 Å². The van der Waals surface area contributed by atoms with Crippen LogP contribution in [0.1, 0.15) is 49.9 Å². The van der Waals surface area contributed by atoms with Crippen LogP contribution in [0.2, 0.25) is 0 Å². The van der Waals surface area contributed by atoms with Crippen LogP contribution in [0, 0.1) is 11.3 Å². The van der Waals surface area contributed by atoms with E-state index in [0.717, 1.165) is 49.7 Å².